The third-order valence-corrected chi connectivity index (χ3v) is 3.30. The zero-order valence-electron chi connectivity index (χ0n) is 10.7. The lowest BCUT2D eigenvalue weighted by atomic mass is 9.95. The molecule has 1 rings (SSSR count). The molecule has 1 saturated carbocycles. The van der Waals surface area contributed by atoms with Gasteiger partial charge >= 0.3 is 17.9 Å². The van der Waals surface area contributed by atoms with Crippen molar-refractivity contribution in [1.82, 2.24) is 0 Å². The Morgan fingerprint density at radius 3 is 2.11 bits per heavy atom. The highest BCUT2D eigenvalue weighted by atomic mass is 16.6. The predicted octanol–water partition coefficient (Wildman–Crippen LogP) is 0.543. The lowest BCUT2D eigenvalue weighted by molar-refractivity contribution is -0.176. The number of hydrogen-bond acceptors (Lipinski definition) is 5. The quantitative estimate of drug-likeness (QED) is 0.604. The summed E-state index contributed by atoms with van der Waals surface area (Å²) in [5.41, 5.74) is -3.27. The van der Waals surface area contributed by atoms with E-state index in [1.165, 1.54) is 0 Å². The van der Waals surface area contributed by atoms with Gasteiger partial charge in [-0.05, 0) is 32.6 Å². The van der Waals surface area contributed by atoms with E-state index in [0.29, 0.717) is 12.8 Å². The van der Waals surface area contributed by atoms with Crippen molar-refractivity contribution in [3.8, 4) is 0 Å². The van der Waals surface area contributed by atoms with Crippen LogP contribution < -0.4 is 0 Å². The lowest BCUT2D eigenvalue weighted by Crippen LogP contribution is -2.44. The van der Waals surface area contributed by atoms with Gasteiger partial charge in [-0.15, -0.1) is 0 Å². The first-order chi connectivity index (χ1) is 8.67. The van der Waals surface area contributed by atoms with Crippen molar-refractivity contribution in [2.24, 2.45) is 0 Å². The lowest BCUT2D eigenvalue weighted by Gasteiger charge is -2.27. The molecule has 0 saturated heterocycles. The first-order valence-electron chi connectivity index (χ1n) is 6.06. The number of carboxylic acids is 2. The molecule has 3 N–H and O–H groups in total. The van der Waals surface area contributed by atoms with Crippen LogP contribution in [0.15, 0.2) is 0 Å². The molecule has 0 aromatic rings. The molecule has 1 unspecified atom stereocenters. The van der Waals surface area contributed by atoms with E-state index in [9.17, 15) is 19.5 Å². The number of rotatable bonds is 6. The summed E-state index contributed by atoms with van der Waals surface area (Å²) in [6.45, 7) is 1.74. The molecule has 1 fully saturated rings. The number of carboxylic acid groups (broad SMARTS) is 2. The Morgan fingerprint density at radius 1 is 1.16 bits per heavy atom. The van der Waals surface area contributed by atoms with E-state index in [0.717, 1.165) is 12.8 Å². The molecule has 19 heavy (non-hydrogen) atoms. The maximum absolute atomic E-state index is 11.7. The maximum Gasteiger partial charge on any atom is 0.336 e. The SMILES string of the molecule is CC1(OC(=O)CC(O)(CC(=O)O)C(=O)O)CCCC1. The number of carbonyl (C=O) groups excluding carboxylic acids is 1. The van der Waals surface area contributed by atoms with Crippen molar-refractivity contribution < 1.29 is 34.4 Å². The minimum absolute atomic E-state index is 0.639. The van der Waals surface area contributed by atoms with Crippen molar-refractivity contribution in [1.29, 1.82) is 0 Å². The predicted molar refractivity (Wildman–Crippen MR) is 62.4 cm³/mol. The fraction of sp³-hybridized carbons (Fsp3) is 0.750. The van der Waals surface area contributed by atoms with Crippen LogP contribution in [-0.4, -0.2) is 44.4 Å². The summed E-state index contributed by atoms with van der Waals surface area (Å²) in [4.78, 5) is 33.1. The molecular formula is C12H18O7. The minimum atomic E-state index is -2.63. The molecular weight excluding hydrogens is 256 g/mol. The Kier molecular flexibility index (Phi) is 4.52. The zero-order chi connectivity index (χ0) is 14.7. The standard InChI is InChI=1S/C12H18O7/c1-11(4-2-3-5-11)19-9(15)7-12(18,10(16)17)6-8(13)14/h18H,2-7H2,1H3,(H,13,14)(H,16,17). The molecule has 0 radical (unpaired) electrons. The van der Waals surface area contributed by atoms with Crippen LogP contribution in [0.1, 0.15) is 45.4 Å². The van der Waals surface area contributed by atoms with Gasteiger partial charge in [0.25, 0.3) is 0 Å². The largest absolute Gasteiger partial charge is 0.481 e. The van der Waals surface area contributed by atoms with Gasteiger partial charge in [-0.2, -0.15) is 0 Å². The zero-order valence-corrected chi connectivity index (χ0v) is 10.7. The van der Waals surface area contributed by atoms with E-state index in [2.05, 4.69) is 0 Å². The van der Waals surface area contributed by atoms with Gasteiger partial charge < -0.3 is 20.1 Å². The average Bonchev–Trinajstić information content (AvgIpc) is 2.62. The van der Waals surface area contributed by atoms with Gasteiger partial charge in [0.15, 0.2) is 5.60 Å². The van der Waals surface area contributed by atoms with Crippen molar-refractivity contribution in [3.63, 3.8) is 0 Å². The second kappa shape index (κ2) is 5.56. The van der Waals surface area contributed by atoms with Crippen molar-refractivity contribution in [2.45, 2.75) is 56.7 Å². The number of esters is 1. The topological polar surface area (TPSA) is 121 Å². The first kappa shape index (κ1) is 15.4. The third kappa shape index (κ3) is 4.20. The summed E-state index contributed by atoms with van der Waals surface area (Å²) in [5.74, 6) is -4.14. The van der Waals surface area contributed by atoms with Crippen LogP contribution in [-0.2, 0) is 19.1 Å². The number of hydrogen-bond donors (Lipinski definition) is 3. The van der Waals surface area contributed by atoms with Crippen LogP contribution >= 0.6 is 0 Å². The van der Waals surface area contributed by atoms with Gasteiger partial charge in [0.05, 0.1) is 12.8 Å². The van der Waals surface area contributed by atoms with Crippen molar-refractivity contribution in [3.05, 3.63) is 0 Å². The van der Waals surface area contributed by atoms with E-state index in [4.69, 9.17) is 14.9 Å². The smallest absolute Gasteiger partial charge is 0.336 e. The second-order valence-electron chi connectivity index (χ2n) is 5.22. The highest BCUT2D eigenvalue weighted by Crippen LogP contribution is 2.33. The molecule has 0 spiro atoms. The Bertz CT molecular complexity index is 384. The molecule has 0 aromatic carbocycles. The summed E-state index contributed by atoms with van der Waals surface area (Å²) in [5, 5.41) is 27.1. The molecule has 0 aliphatic heterocycles. The van der Waals surface area contributed by atoms with Crippen LogP contribution in [0.4, 0.5) is 0 Å². The van der Waals surface area contributed by atoms with E-state index in [-0.39, 0.29) is 0 Å². The van der Waals surface area contributed by atoms with E-state index in [1.807, 2.05) is 0 Å². The van der Waals surface area contributed by atoms with Crippen LogP contribution in [0.25, 0.3) is 0 Å². The summed E-state index contributed by atoms with van der Waals surface area (Å²) in [6, 6.07) is 0. The van der Waals surface area contributed by atoms with Gasteiger partial charge in [-0.25, -0.2) is 4.79 Å². The normalized spacial score (nSPS) is 20.5. The van der Waals surface area contributed by atoms with E-state index >= 15 is 0 Å². The highest BCUT2D eigenvalue weighted by molar-refractivity contribution is 5.88. The second-order valence-corrected chi connectivity index (χ2v) is 5.22. The van der Waals surface area contributed by atoms with Gasteiger partial charge in [0.2, 0.25) is 0 Å². The summed E-state index contributed by atoms with van der Waals surface area (Å²) in [6.07, 6.45) is 1.29. The van der Waals surface area contributed by atoms with Crippen LogP contribution in [0.3, 0.4) is 0 Å². The molecule has 0 amide bonds. The number of aliphatic carboxylic acids is 2. The fourth-order valence-electron chi connectivity index (χ4n) is 2.24. The molecule has 108 valence electrons. The van der Waals surface area contributed by atoms with Gasteiger partial charge in [-0.1, -0.05) is 0 Å². The monoisotopic (exact) mass is 274 g/mol. The third-order valence-electron chi connectivity index (χ3n) is 3.30. The Labute approximate surface area is 110 Å². The molecule has 1 aliphatic rings. The molecule has 7 heteroatoms. The van der Waals surface area contributed by atoms with Crippen LogP contribution in [0.5, 0.6) is 0 Å². The summed E-state index contributed by atoms with van der Waals surface area (Å²) in [7, 11) is 0. The molecule has 0 heterocycles. The Hall–Kier alpha value is -1.63. The summed E-state index contributed by atoms with van der Waals surface area (Å²) < 4.78 is 5.17. The molecule has 0 aromatic heterocycles. The number of carbonyl (C=O) groups is 3. The molecule has 1 aliphatic carbocycles. The Morgan fingerprint density at radius 2 is 1.68 bits per heavy atom. The van der Waals surface area contributed by atoms with Gasteiger partial charge in [0.1, 0.15) is 5.60 Å². The molecule has 7 nitrogen and oxygen atoms in total. The molecule has 1 atom stereocenters. The number of ether oxygens (including phenoxy) is 1. The number of aliphatic hydroxyl groups is 1. The average molecular weight is 274 g/mol. The van der Waals surface area contributed by atoms with Crippen LogP contribution in [0, 0.1) is 0 Å². The van der Waals surface area contributed by atoms with E-state index in [1.54, 1.807) is 6.92 Å². The van der Waals surface area contributed by atoms with Crippen LogP contribution in [0.2, 0.25) is 0 Å². The maximum atomic E-state index is 11.7. The van der Waals surface area contributed by atoms with Crippen molar-refractivity contribution >= 4 is 17.9 Å². The highest BCUT2D eigenvalue weighted by Gasteiger charge is 2.43. The Balaban J connectivity index is 2.66. The minimum Gasteiger partial charge on any atom is -0.481 e. The van der Waals surface area contributed by atoms with Gasteiger partial charge in [-0.3, -0.25) is 9.59 Å². The van der Waals surface area contributed by atoms with Gasteiger partial charge in [0, 0.05) is 0 Å². The first-order valence-corrected chi connectivity index (χ1v) is 6.06. The summed E-state index contributed by atoms with van der Waals surface area (Å²) >= 11 is 0. The molecule has 0 bridgehead atoms. The van der Waals surface area contributed by atoms with Crippen molar-refractivity contribution in [2.75, 3.05) is 0 Å². The van der Waals surface area contributed by atoms with E-state index < -0.39 is 42.0 Å². The fourth-order valence-corrected chi connectivity index (χ4v) is 2.24.